The lowest BCUT2D eigenvalue weighted by molar-refractivity contribution is 0.281. The predicted octanol–water partition coefficient (Wildman–Crippen LogP) is 2.95. The number of halogens is 1. The second-order valence-corrected chi connectivity index (χ2v) is 11.4. The minimum Gasteiger partial charge on any atom is -0.495 e. The van der Waals surface area contributed by atoms with Gasteiger partial charge in [0.05, 0.1) is 29.7 Å². The second-order valence-electron chi connectivity index (χ2n) is 8.76. The van der Waals surface area contributed by atoms with Crippen LogP contribution in [0, 0.1) is 0 Å². The van der Waals surface area contributed by atoms with E-state index in [1.165, 1.54) is 7.11 Å². The lowest BCUT2D eigenvalue weighted by Crippen LogP contribution is -2.51. The molecule has 0 bridgehead atoms. The zero-order valence-electron chi connectivity index (χ0n) is 19.0. The lowest BCUT2D eigenvalue weighted by atomic mass is 10.1. The molecule has 182 valence electrons. The fraction of sp³-hybridized carbons (Fsp3) is 0.478. The van der Waals surface area contributed by atoms with E-state index >= 15 is 0 Å². The summed E-state index contributed by atoms with van der Waals surface area (Å²) in [4.78, 5) is 11.5. The highest BCUT2D eigenvalue weighted by molar-refractivity contribution is 7.89. The van der Waals surface area contributed by atoms with Gasteiger partial charge in [0, 0.05) is 44.1 Å². The number of ether oxygens (including phenoxy) is 1. The van der Waals surface area contributed by atoms with Gasteiger partial charge >= 0.3 is 0 Å². The number of benzene rings is 1. The number of aliphatic hydroxyl groups is 1. The number of rotatable bonds is 6. The molecule has 1 saturated heterocycles. The first-order valence-corrected chi connectivity index (χ1v) is 13.4. The van der Waals surface area contributed by atoms with Gasteiger partial charge in [0.25, 0.3) is 0 Å². The van der Waals surface area contributed by atoms with Crippen molar-refractivity contribution < 1.29 is 18.3 Å². The average Bonchev–Trinajstić information content (AvgIpc) is 3.54. The maximum Gasteiger partial charge on any atom is 0.236 e. The summed E-state index contributed by atoms with van der Waals surface area (Å²) in [7, 11) is -1.68. The number of hydrogen-bond acceptors (Lipinski definition) is 7. The summed E-state index contributed by atoms with van der Waals surface area (Å²) in [6.07, 6.45) is 7.29. The van der Waals surface area contributed by atoms with Crippen molar-refractivity contribution in [2.45, 2.75) is 37.5 Å². The van der Waals surface area contributed by atoms with Gasteiger partial charge < -0.3 is 14.7 Å². The third-order valence-corrected chi connectivity index (χ3v) is 9.48. The molecule has 1 aliphatic heterocycles. The summed E-state index contributed by atoms with van der Waals surface area (Å²) >= 11 is 6.31. The van der Waals surface area contributed by atoms with Gasteiger partial charge in [-0.15, -0.1) is 0 Å². The molecule has 2 aromatic heterocycles. The third-order valence-electron chi connectivity index (χ3n) is 6.78. The lowest BCUT2D eigenvalue weighted by Gasteiger charge is -2.35. The molecular formula is C23H28ClN5O4S. The molecule has 9 nitrogen and oxygen atoms in total. The molecule has 5 rings (SSSR count). The van der Waals surface area contributed by atoms with E-state index in [1.54, 1.807) is 16.4 Å². The molecule has 1 aliphatic carbocycles. The van der Waals surface area contributed by atoms with Crippen LogP contribution in [0.1, 0.15) is 31.2 Å². The van der Waals surface area contributed by atoms with Gasteiger partial charge in [-0.1, -0.05) is 24.4 Å². The monoisotopic (exact) mass is 505 g/mol. The zero-order valence-corrected chi connectivity index (χ0v) is 20.6. The van der Waals surface area contributed by atoms with Crippen LogP contribution in [0.2, 0.25) is 5.02 Å². The molecule has 2 fully saturated rings. The summed E-state index contributed by atoms with van der Waals surface area (Å²) in [5.74, 6) is 1.77. The van der Waals surface area contributed by atoms with Gasteiger partial charge in [-0.05, 0) is 36.6 Å². The van der Waals surface area contributed by atoms with Crippen LogP contribution in [0.25, 0.3) is 17.0 Å². The smallest absolute Gasteiger partial charge is 0.236 e. The Labute approximate surface area is 204 Å². The first-order valence-electron chi connectivity index (χ1n) is 11.5. The number of imidazole rings is 1. The Balaban J connectivity index is 1.36. The van der Waals surface area contributed by atoms with Crippen LogP contribution in [-0.4, -0.2) is 70.7 Å². The number of sulfonamides is 1. The number of aliphatic hydroxyl groups excluding tert-OH is 1. The van der Waals surface area contributed by atoms with Gasteiger partial charge in [-0.3, -0.25) is 4.40 Å². The van der Waals surface area contributed by atoms with Crippen molar-refractivity contribution in [1.82, 2.24) is 18.7 Å². The minimum atomic E-state index is -3.21. The summed E-state index contributed by atoms with van der Waals surface area (Å²) in [6.45, 7) is 1.94. The predicted molar refractivity (Wildman–Crippen MR) is 131 cm³/mol. The molecule has 0 radical (unpaired) electrons. The second kappa shape index (κ2) is 9.33. The largest absolute Gasteiger partial charge is 0.495 e. The van der Waals surface area contributed by atoms with Crippen molar-refractivity contribution in [3.05, 3.63) is 41.2 Å². The third kappa shape index (κ3) is 4.24. The molecule has 0 spiro atoms. The van der Waals surface area contributed by atoms with Crippen molar-refractivity contribution in [2.75, 3.05) is 38.2 Å². The standard InChI is InChI=1S/C23H28ClN5O4S/c1-33-21-12-16(15-30)18(13-19(21)24)20-14-28-7-6-22(26-23(28)25-20)27-8-10-29(11-9-27)34(31,32)17-4-2-3-5-17/h6-7,12-14,17,30H,2-5,8-11,15H2,1H3. The first kappa shape index (κ1) is 23.3. The molecule has 34 heavy (non-hydrogen) atoms. The Hall–Kier alpha value is -2.40. The number of hydrogen-bond donors (Lipinski definition) is 1. The summed E-state index contributed by atoms with van der Waals surface area (Å²) in [5, 5.41) is 10.0. The number of nitrogens with zero attached hydrogens (tertiary/aromatic N) is 5. The fourth-order valence-corrected chi connectivity index (χ4v) is 7.12. The van der Waals surface area contributed by atoms with E-state index in [0.717, 1.165) is 31.5 Å². The Bertz CT molecular complexity index is 1300. The first-order chi connectivity index (χ1) is 16.4. The molecular weight excluding hydrogens is 478 g/mol. The van der Waals surface area contributed by atoms with Crippen LogP contribution in [0.3, 0.4) is 0 Å². The highest BCUT2D eigenvalue weighted by Crippen LogP contribution is 2.34. The van der Waals surface area contributed by atoms with E-state index in [1.807, 2.05) is 22.9 Å². The fourth-order valence-electron chi connectivity index (χ4n) is 4.86. The van der Waals surface area contributed by atoms with E-state index < -0.39 is 10.0 Å². The maximum atomic E-state index is 12.9. The SMILES string of the molecule is COc1cc(CO)c(-c2cn3ccc(N4CCN(S(=O)(=O)C5CCCC5)CC4)nc3n2)cc1Cl. The van der Waals surface area contributed by atoms with Crippen molar-refractivity contribution in [1.29, 1.82) is 0 Å². The molecule has 1 N–H and O–H groups in total. The van der Waals surface area contributed by atoms with Crippen LogP contribution in [0.4, 0.5) is 5.82 Å². The Morgan fingerprint density at radius 2 is 1.88 bits per heavy atom. The van der Waals surface area contributed by atoms with Crippen molar-refractivity contribution in [2.24, 2.45) is 0 Å². The Kier molecular flexibility index (Phi) is 6.41. The number of anilines is 1. The maximum absolute atomic E-state index is 12.9. The molecule has 11 heteroatoms. The average molecular weight is 506 g/mol. The molecule has 0 unspecified atom stereocenters. The summed E-state index contributed by atoms with van der Waals surface area (Å²) in [6, 6.07) is 5.35. The molecule has 1 aromatic carbocycles. The number of aromatic nitrogens is 3. The van der Waals surface area contributed by atoms with E-state index in [2.05, 4.69) is 9.88 Å². The van der Waals surface area contributed by atoms with Crippen molar-refractivity contribution in [3.8, 4) is 17.0 Å². The van der Waals surface area contributed by atoms with Crippen molar-refractivity contribution in [3.63, 3.8) is 0 Å². The highest BCUT2D eigenvalue weighted by Gasteiger charge is 2.35. The Morgan fingerprint density at radius 3 is 2.56 bits per heavy atom. The van der Waals surface area contributed by atoms with Crippen LogP contribution in [0.5, 0.6) is 5.75 Å². The van der Waals surface area contributed by atoms with Gasteiger partial charge in [-0.2, -0.15) is 9.29 Å². The molecule has 0 amide bonds. The minimum absolute atomic E-state index is 0.177. The van der Waals surface area contributed by atoms with Crippen LogP contribution < -0.4 is 9.64 Å². The molecule has 0 atom stereocenters. The highest BCUT2D eigenvalue weighted by atomic mass is 35.5. The van der Waals surface area contributed by atoms with Crippen molar-refractivity contribution >= 4 is 33.2 Å². The van der Waals surface area contributed by atoms with Gasteiger partial charge in [-0.25, -0.2) is 13.4 Å². The number of fused-ring (bicyclic) bond motifs is 1. The quantitative estimate of drug-likeness (QED) is 0.549. The van der Waals surface area contributed by atoms with Crippen LogP contribution in [0.15, 0.2) is 30.6 Å². The van der Waals surface area contributed by atoms with Gasteiger partial charge in [0.15, 0.2) is 0 Å². The van der Waals surface area contributed by atoms with E-state index in [4.69, 9.17) is 21.3 Å². The Morgan fingerprint density at radius 1 is 1.15 bits per heavy atom. The zero-order chi connectivity index (χ0) is 23.9. The van der Waals surface area contributed by atoms with E-state index in [-0.39, 0.29) is 11.9 Å². The van der Waals surface area contributed by atoms with Crippen LogP contribution in [-0.2, 0) is 16.6 Å². The molecule has 2 aliphatic rings. The van der Waals surface area contributed by atoms with Crippen LogP contribution >= 0.6 is 11.6 Å². The summed E-state index contributed by atoms with van der Waals surface area (Å²) < 4.78 is 34.5. The van der Waals surface area contributed by atoms with Gasteiger partial charge in [0.2, 0.25) is 15.8 Å². The number of piperazine rings is 1. The molecule has 3 heterocycles. The molecule has 1 saturated carbocycles. The molecule has 3 aromatic rings. The number of methoxy groups -OCH3 is 1. The summed E-state index contributed by atoms with van der Waals surface area (Å²) in [5.41, 5.74) is 2.02. The normalized spacial score (nSPS) is 18.1. The van der Waals surface area contributed by atoms with E-state index in [9.17, 15) is 13.5 Å². The topological polar surface area (TPSA) is 100 Å². The van der Waals surface area contributed by atoms with E-state index in [0.29, 0.717) is 59.5 Å². The van der Waals surface area contributed by atoms with Gasteiger partial charge in [0.1, 0.15) is 11.6 Å².